The first-order valence-corrected chi connectivity index (χ1v) is 11.1. The highest BCUT2D eigenvalue weighted by atomic mass is 16.1. The van der Waals surface area contributed by atoms with Crippen LogP contribution in [0, 0.1) is 0 Å². The molecule has 6 heteroatoms. The Labute approximate surface area is 177 Å². The number of piperazine rings is 1. The van der Waals surface area contributed by atoms with E-state index in [-0.39, 0.29) is 11.1 Å². The maximum Gasteiger partial charge on any atom is 0.261 e. The van der Waals surface area contributed by atoms with Crippen LogP contribution in [0.1, 0.15) is 25.7 Å². The summed E-state index contributed by atoms with van der Waals surface area (Å²) in [6, 6.07) is 10.1. The molecule has 0 radical (unpaired) electrons. The Morgan fingerprint density at radius 1 is 1.03 bits per heavy atom. The summed E-state index contributed by atoms with van der Waals surface area (Å²) in [7, 11) is 4.06. The Balaban J connectivity index is 1.53. The molecule has 30 heavy (non-hydrogen) atoms. The molecule has 1 aliphatic carbocycles. The fourth-order valence-electron chi connectivity index (χ4n) is 5.47. The number of hydrogen-bond donors (Lipinski definition) is 0. The first-order valence-electron chi connectivity index (χ1n) is 11.1. The SMILES string of the molecule is CN1CCN(C2(Cn3ccnc3-c3cc4ccccc4n(C)c3=O)CCCC2)CC1. The second kappa shape index (κ2) is 7.67. The molecule has 5 rings (SSSR count). The number of imidazole rings is 1. The number of benzene rings is 1. The average molecular weight is 406 g/mol. The van der Waals surface area contributed by atoms with Crippen LogP contribution in [0.3, 0.4) is 0 Å². The number of pyridine rings is 1. The molecule has 2 fully saturated rings. The monoisotopic (exact) mass is 405 g/mol. The Kier molecular flexibility index (Phi) is 4.99. The van der Waals surface area contributed by atoms with Crippen molar-refractivity contribution >= 4 is 10.9 Å². The van der Waals surface area contributed by atoms with E-state index in [9.17, 15) is 4.79 Å². The molecule has 158 valence electrons. The predicted molar refractivity (Wildman–Crippen MR) is 121 cm³/mol. The summed E-state index contributed by atoms with van der Waals surface area (Å²) >= 11 is 0. The first-order chi connectivity index (χ1) is 14.6. The zero-order valence-electron chi connectivity index (χ0n) is 18.0. The van der Waals surface area contributed by atoms with Crippen molar-refractivity contribution in [3.63, 3.8) is 0 Å². The molecule has 3 aromatic rings. The van der Waals surface area contributed by atoms with E-state index in [2.05, 4.69) is 38.7 Å². The second-order valence-corrected chi connectivity index (χ2v) is 9.08. The van der Waals surface area contributed by atoms with Crippen LogP contribution in [-0.4, -0.2) is 62.7 Å². The zero-order chi connectivity index (χ0) is 20.7. The fraction of sp³-hybridized carbons (Fsp3) is 0.500. The molecule has 1 saturated carbocycles. The summed E-state index contributed by atoms with van der Waals surface area (Å²) in [4.78, 5) is 23.0. The molecule has 0 amide bonds. The van der Waals surface area contributed by atoms with Crippen LogP contribution < -0.4 is 5.56 Å². The minimum atomic E-state index is 0.0150. The third kappa shape index (κ3) is 3.28. The molecule has 0 N–H and O–H groups in total. The standard InChI is InChI=1S/C24H31N5O/c1-26-13-15-29(16-14-26)24(9-5-6-10-24)18-28-12-11-25-22(28)20-17-19-7-3-4-8-21(19)27(2)23(20)30/h3-4,7-8,11-12,17H,5-6,9-10,13-16,18H2,1-2H3. The van der Waals surface area contributed by atoms with E-state index < -0.39 is 0 Å². The van der Waals surface area contributed by atoms with Gasteiger partial charge in [0, 0.05) is 57.7 Å². The molecule has 1 aromatic carbocycles. The van der Waals surface area contributed by atoms with Crippen molar-refractivity contribution in [2.24, 2.45) is 7.05 Å². The number of aryl methyl sites for hydroxylation is 1. The van der Waals surface area contributed by atoms with Crippen LogP contribution in [0.4, 0.5) is 0 Å². The van der Waals surface area contributed by atoms with Crippen molar-refractivity contribution in [1.82, 2.24) is 23.9 Å². The van der Waals surface area contributed by atoms with E-state index in [1.165, 1.54) is 25.7 Å². The lowest BCUT2D eigenvalue weighted by atomic mass is 9.93. The molecule has 0 spiro atoms. The van der Waals surface area contributed by atoms with E-state index in [0.717, 1.165) is 49.5 Å². The smallest absolute Gasteiger partial charge is 0.261 e. The van der Waals surface area contributed by atoms with Crippen LogP contribution in [0.2, 0.25) is 0 Å². The Hall–Kier alpha value is -2.44. The van der Waals surface area contributed by atoms with Crippen molar-refractivity contribution in [1.29, 1.82) is 0 Å². The summed E-state index contributed by atoms with van der Waals surface area (Å²) in [6.45, 7) is 5.41. The Morgan fingerprint density at radius 3 is 2.53 bits per heavy atom. The maximum absolute atomic E-state index is 13.2. The summed E-state index contributed by atoms with van der Waals surface area (Å²) in [6.07, 6.45) is 8.92. The maximum atomic E-state index is 13.2. The molecule has 1 saturated heterocycles. The van der Waals surface area contributed by atoms with Gasteiger partial charge in [0.05, 0.1) is 11.1 Å². The van der Waals surface area contributed by atoms with Crippen molar-refractivity contribution in [2.75, 3.05) is 33.2 Å². The quantitative estimate of drug-likeness (QED) is 0.670. The van der Waals surface area contributed by atoms with Crippen molar-refractivity contribution in [2.45, 2.75) is 37.8 Å². The van der Waals surface area contributed by atoms with Gasteiger partial charge in [0.25, 0.3) is 5.56 Å². The van der Waals surface area contributed by atoms with E-state index in [0.29, 0.717) is 5.56 Å². The van der Waals surface area contributed by atoms with Gasteiger partial charge in [-0.1, -0.05) is 31.0 Å². The molecule has 0 bridgehead atoms. The number of hydrogen-bond acceptors (Lipinski definition) is 4. The number of rotatable bonds is 4. The summed E-state index contributed by atoms with van der Waals surface area (Å²) in [5.41, 5.74) is 1.83. The van der Waals surface area contributed by atoms with E-state index >= 15 is 0 Å². The molecule has 0 unspecified atom stereocenters. The van der Waals surface area contributed by atoms with Gasteiger partial charge in [-0.3, -0.25) is 9.69 Å². The van der Waals surface area contributed by atoms with Crippen molar-refractivity contribution in [3.8, 4) is 11.4 Å². The van der Waals surface area contributed by atoms with Crippen LogP contribution in [0.5, 0.6) is 0 Å². The van der Waals surface area contributed by atoms with Gasteiger partial charge in [0.2, 0.25) is 0 Å². The zero-order valence-corrected chi connectivity index (χ0v) is 18.0. The van der Waals surface area contributed by atoms with E-state index in [1.54, 1.807) is 4.57 Å². The van der Waals surface area contributed by atoms with Crippen LogP contribution in [0.25, 0.3) is 22.3 Å². The largest absolute Gasteiger partial charge is 0.329 e. The highest BCUT2D eigenvalue weighted by Gasteiger charge is 2.41. The number of likely N-dealkylation sites (N-methyl/N-ethyl adjacent to an activating group) is 1. The van der Waals surface area contributed by atoms with Gasteiger partial charge in [0.1, 0.15) is 5.82 Å². The van der Waals surface area contributed by atoms with Crippen molar-refractivity contribution in [3.05, 3.63) is 53.1 Å². The van der Waals surface area contributed by atoms with Gasteiger partial charge >= 0.3 is 0 Å². The number of para-hydroxylation sites is 1. The fourth-order valence-corrected chi connectivity index (χ4v) is 5.47. The minimum absolute atomic E-state index is 0.0150. The van der Waals surface area contributed by atoms with Crippen LogP contribution in [0.15, 0.2) is 47.5 Å². The predicted octanol–water partition coefficient (Wildman–Crippen LogP) is 2.96. The van der Waals surface area contributed by atoms with E-state index in [1.807, 2.05) is 37.5 Å². The second-order valence-electron chi connectivity index (χ2n) is 9.08. The molecule has 3 heterocycles. The van der Waals surface area contributed by atoms with Gasteiger partial charge in [-0.15, -0.1) is 0 Å². The molecule has 1 aliphatic heterocycles. The van der Waals surface area contributed by atoms with Crippen LogP contribution >= 0.6 is 0 Å². The summed E-state index contributed by atoms with van der Waals surface area (Å²) in [5.74, 6) is 0.793. The molecule has 2 aliphatic rings. The molecule has 0 atom stereocenters. The molecule has 6 nitrogen and oxygen atoms in total. The third-order valence-corrected chi connectivity index (χ3v) is 7.26. The summed E-state index contributed by atoms with van der Waals surface area (Å²) < 4.78 is 3.98. The number of fused-ring (bicyclic) bond motifs is 1. The molecular weight excluding hydrogens is 374 g/mol. The highest BCUT2D eigenvalue weighted by molar-refractivity contribution is 5.83. The lowest BCUT2D eigenvalue weighted by molar-refractivity contribution is 0.0315. The number of nitrogens with zero attached hydrogens (tertiary/aromatic N) is 5. The topological polar surface area (TPSA) is 46.3 Å². The molecule has 2 aromatic heterocycles. The highest BCUT2D eigenvalue weighted by Crippen LogP contribution is 2.38. The molecular formula is C24H31N5O. The van der Waals surface area contributed by atoms with Gasteiger partial charge in [-0.2, -0.15) is 0 Å². The van der Waals surface area contributed by atoms with Gasteiger partial charge in [-0.25, -0.2) is 4.98 Å². The van der Waals surface area contributed by atoms with Gasteiger partial charge in [-0.05, 0) is 37.4 Å². The summed E-state index contributed by atoms with van der Waals surface area (Å²) in [5, 5.41) is 1.07. The minimum Gasteiger partial charge on any atom is -0.329 e. The Bertz CT molecular complexity index is 1100. The lowest BCUT2D eigenvalue weighted by Gasteiger charge is -2.45. The van der Waals surface area contributed by atoms with Gasteiger partial charge < -0.3 is 14.0 Å². The van der Waals surface area contributed by atoms with Gasteiger partial charge in [0.15, 0.2) is 0 Å². The first kappa shape index (κ1) is 19.5. The third-order valence-electron chi connectivity index (χ3n) is 7.26. The number of aromatic nitrogens is 3. The Morgan fingerprint density at radius 2 is 1.77 bits per heavy atom. The van der Waals surface area contributed by atoms with Crippen LogP contribution in [-0.2, 0) is 13.6 Å². The van der Waals surface area contributed by atoms with E-state index in [4.69, 9.17) is 0 Å². The normalized spacial score (nSPS) is 20.2. The average Bonchev–Trinajstić information content (AvgIpc) is 3.42. The lowest BCUT2D eigenvalue weighted by Crippen LogP contribution is -2.57. The van der Waals surface area contributed by atoms with Crippen molar-refractivity contribution < 1.29 is 0 Å².